The molecule has 94 valence electrons. The topological polar surface area (TPSA) is 70.4 Å². The van der Waals surface area contributed by atoms with E-state index in [1.807, 2.05) is 0 Å². The van der Waals surface area contributed by atoms with Crippen LogP contribution in [0.4, 0.5) is 0 Å². The van der Waals surface area contributed by atoms with Gasteiger partial charge in [0.1, 0.15) is 12.1 Å². The maximum absolute atomic E-state index is 11.5. The summed E-state index contributed by atoms with van der Waals surface area (Å²) < 4.78 is 11.0. The summed E-state index contributed by atoms with van der Waals surface area (Å²) in [6, 6.07) is 1.48. The molecule has 0 aromatic carbocycles. The predicted molar refractivity (Wildman–Crippen MR) is 59.4 cm³/mol. The van der Waals surface area contributed by atoms with Gasteiger partial charge in [-0.3, -0.25) is 9.48 Å². The van der Waals surface area contributed by atoms with Crippen LogP contribution in [0.25, 0.3) is 0 Å². The molecule has 0 unspecified atom stereocenters. The molecule has 0 atom stereocenters. The molecule has 0 N–H and O–H groups in total. The number of esters is 2. The average Bonchev–Trinajstić information content (AvgIpc) is 2.62. The number of methoxy groups -OCH3 is 1. The molecule has 0 spiro atoms. The van der Waals surface area contributed by atoms with E-state index in [4.69, 9.17) is 4.74 Å². The highest BCUT2D eigenvalue weighted by Gasteiger charge is 2.17. The number of carbonyl (C=O) groups is 2. The number of hydrogen-bond donors (Lipinski definition) is 0. The fourth-order valence-electron chi connectivity index (χ4n) is 1.17. The number of carbonyl (C=O) groups excluding carboxylic acids is 2. The van der Waals surface area contributed by atoms with E-state index >= 15 is 0 Å². The highest BCUT2D eigenvalue weighted by atomic mass is 16.6. The van der Waals surface area contributed by atoms with Gasteiger partial charge in [0.05, 0.1) is 7.11 Å². The molecule has 0 aliphatic carbocycles. The highest BCUT2D eigenvalue weighted by Crippen LogP contribution is 2.07. The fraction of sp³-hybridized carbons (Fsp3) is 0.545. The molecule has 17 heavy (non-hydrogen) atoms. The van der Waals surface area contributed by atoms with E-state index < -0.39 is 17.5 Å². The highest BCUT2D eigenvalue weighted by molar-refractivity contribution is 5.86. The molecule has 0 aliphatic heterocycles. The van der Waals surface area contributed by atoms with Crippen LogP contribution in [0.2, 0.25) is 0 Å². The molecule has 1 rings (SSSR count). The Morgan fingerprint density at radius 1 is 1.41 bits per heavy atom. The van der Waals surface area contributed by atoms with Crippen molar-refractivity contribution in [3.63, 3.8) is 0 Å². The van der Waals surface area contributed by atoms with Gasteiger partial charge >= 0.3 is 11.9 Å². The van der Waals surface area contributed by atoms with Gasteiger partial charge in [0.15, 0.2) is 5.69 Å². The lowest BCUT2D eigenvalue weighted by Crippen LogP contribution is -2.26. The number of rotatable bonds is 3. The Kier molecular flexibility index (Phi) is 3.88. The van der Waals surface area contributed by atoms with Crippen molar-refractivity contribution < 1.29 is 19.1 Å². The van der Waals surface area contributed by atoms with Gasteiger partial charge < -0.3 is 9.47 Å². The van der Waals surface area contributed by atoms with Crippen molar-refractivity contribution in [1.82, 2.24) is 9.78 Å². The Balaban J connectivity index is 2.61. The van der Waals surface area contributed by atoms with Crippen molar-refractivity contribution in [3.8, 4) is 0 Å². The summed E-state index contributed by atoms with van der Waals surface area (Å²) in [4.78, 5) is 22.6. The summed E-state index contributed by atoms with van der Waals surface area (Å²) in [6.45, 7) is 5.32. The van der Waals surface area contributed by atoms with E-state index in [1.165, 1.54) is 24.1 Å². The Bertz CT molecular complexity index is 417. The Morgan fingerprint density at radius 3 is 2.59 bits per heavy atom. The Hall–Kier alpha value is -1.85. The first-order valence-corrected chi connectivity index (χ1v) is 5.15. The van der Waals surface area contributed by atoms with Crippen LogP contribution in [0.15, 0.2) is 12.3 Å². The first-order valence-electron chi connectivity index (χ1n) is 5.15. The van der Waals surface area contributed by atoms with Crippen LogP contribution in [-0.2, 0) is 20.8 Å². The van der Waals surface area contributed by atoms with Crippen molar-refractivity contribution in [1.29, 1.82) is 0 Å². The standard InChI is InChI=1S/C11H16N2O4/c1-11(2,3)17-9(14)7-13-6-5-8(12-13)10(15)16-4/h5-6H,7H2,1-4H3. The van der Waals surface area contributed by atoms with E-state index in [1.54, 1.807) is 20.8 Å². The quantitative estimate of drug-likeness (QED) is 0.737. The minimum absolute atomic E-state index is 0.0335. The molecule has 0 radical (unpaired) electrons. The Morgan fingerprint density at radius 2 is 2.06 bits per heavy atom. The van der Waals surface area contributed by atoms with Gasteiger partial charge in [0.2, 0.25) is 0 Å². The van der Waals surface area contributed by atoms with Crippen LogP contribution in [0.3, 0.4) is 0 Å². The van der Waals surface area contributed by atoms with Gasteiger partial charge in [-0.15, -0.1) is 0 Å². The minimum atomic E-state index is -0.534. The molecular weight excluding hydrogens is 224 g/mol. The van der Waals surface area contributed by atoms with Gasteiger partial charge in [-0.05, 0) is 26.8 Å². The van der Waals surface area contributed by atoms with Gasteiger partial charge in [0, 0.05) is 6.20 Å². The molecule has 1 aromatic rings. The molecular formula is C11H16N2O4. The second-order valence-corrected chi connectivity index (χ2v) is 4.48. The monoisotopic (exact) mass is 240 g/mol. The van der Waals surface area contributed by atoms with Crippen LogP contribution in [0, 0.1) is 0 Å². The molecule has 0 aliphatic rings. The van der Waals surface area contributed by atoms with Crippen LogP contribution in [0.1, 0.15) is 31.3 Å². The van der Waals surface area contributed by atoms with Crippen LogP contribution in [0.5, 0.6) is 0 Å². The zero-order chi connectivity index (χ0) is 13.1. The normalized spacial score (nSPS) is 11.1. The maximum atomic E-state index is 11.5. The molecule has 0 saturated heterocycles. The summed E-state index contributed by atoms with van der Waals surface area (Å²) in [5.41, 5.74) is -0.369. The van der Waals surface area contributed by atoms with E-state index in [0.29, 0.717) is 0 Å². The van der Waals surface area contributed by atoms with Crippen molar-refractivity contribution >= 4 is 11.9 Å². The zero-order valence-corrected chi connectivity index (χ0v) is 10.4. The molecule has 0 amide bonds. The fourth-order valence-corrected chi connectivity index (χ4v) is 1.17. The first kappa shape index (κ1) is 13.2. The van der Waals surface area contributed by atoms with E-state index in [-0.39, 0.29) is 12.2 Å². The van der Waals surface area contributed by atoms with E-state index in [9.17, 15) is 9.59 Å². The van der Waals surface area contributed by atoms with Crippen LogP contribution in [-0.4, -0.2) is 34.4 Å². The molecule has 6 heteroatoms. The lowest BCUT2D eigenvalue weighted by atomic mass is 10.2. The third kappa shape index (κ3) is 4.26. The van der Waals surface area contributed by atoms with Crippen molar-refractivity contribution in [3.05, 3.63) is 18.0 Å². The first-order chi connectivity index (χ1) is 7.81. The SMILES string of the molecule is COC(=O)c1ccn(CC(=O)OC(C)(C)C)n1. The smallest absolute Gasteiger partial charge is 0.358 e. The molecule has 1 heterocycles. The molecule has 0 bridgehead atoms. The van der Waals surface area contributed by atoms with Crippen LogP contribution < -0.4 is 0 Å². The molecule has 0 fully saturated rings. The summed E-state index contributed by atoms with van der Waals surface area (Å²) in [6.07, 6.45) is 1.52. The van der Waals surface area contributed by atoms with Crippen LogP contribution >= 0.6 is 0 Å². The predicted octanol–water partition coefficient (Wildman–Crippen LogP) is 1.01. The number of nitrogens with zero attached hydrogens (tertiary/aromatic N) is 2. The maximum Gasteiger partial charge on any atom is 0.358 e. The summed E-state index contributed by atoms with van der Waals surface area (Å²) >= 11 is 0. The average molecular weight is 240 g/mol. The van der Waals surface area contributed by atoms with Crippen molar-refractivity contribution in [2.24, 2.45) is 0 Å². The molecule has 1 aromatic heterocycles. The number of aromatic nitrogens is 2. The zero-order valence-electron chi connectivity index (χ0n) is 10.4. The summed E-state index contributed by atoms with van der Waals surface area (Å²) in [5, 5.41) is 3.89. The van der Waals surface area contributed by atoms with Crippen molar-refractivity contribution in [2.45, 2.75) is 32.9 Å². The number of ether oxygens (including phenoxy) is 2. The minimum Gasteiger partial charge on any atom is -0.464 e. The van der Waals surface area contributed by atoms with E-state index in [0.717, 1.165) is 0 Å². The van der Waals surface area contributed by atoms with Gasteiger partial charge in [-0.25, -0.2) is 4.79 Å². The largest absolute Gasteiger partial charge is 0.464 e. The summed E-state index contributed by atoms with van der Waals surface area (Å²) in [7, 11) is 1.27. The van der Waals surface area contributed by atoms with Crippen molar-refractivity contribution in [2.75, 3.05) is 7.11 Å². The lowest BCUT2D eigenvalue weighted by molar-refractivity contribution is -0.155. The Labute approximate surface area is 99.5 Å². The van der Waals surface area contributed by atoms with Gasteiger partial charge in [-0.1, -0.05) is 0 Å². The van der Waals surface area contributed by atoms with Gasteiger partial charge in [0.25, 0.3) is 0 Å². The molecule has 6 nitrogen and oxygen atoms in total. The number of hydrogen-bond acceptors (Lipinski definition) is 5. The third-order valence-corrected chi connectivity index (χ3v) is 1.75. The van der Waals surface area contributed by atoms with E-state index in [2.05, 4.69) is 9.84 Å². The van der Waals surface area contributed by atoms with Gasteiger partial charge in [-0.2, -0.15) is 5.10 Å². The second kappa shape index (κ2) is 4.99. The molecule has 0 saturated carbocycles. The summed E-state index contributed by atoms with van der Waals surface area (Å²) in [5.74, 6) is -0.940. The lowest BCUT2D eigenvalue weighted by Gasteiger charge is -2.19. The second-order valence-electron chi connectivity index (χ2n) is 4.48. The third-order valence-electron chi connectivity index (χ3n) is 1.75.